The number of benzene rings is 1. The molecule has 3 N–H and O–H groups in total. The summed E-state index contributed by atoms with van der Waals surface area (Å²) in [6.45, 7) is 4.86. The Morgan fingerprint density at radius 2 is 1.95 bits per heavy atom. The highest BCUT2D eigenvalue weighted by atomic mass is 35.5. The van der Waals surface area contributed by atoms with Crippen LogP contribution in [0.4, 0.5) is 11.5 Å². The van der Waals surface area contributed by atoms with Crippen molar-refractivity contribution in [3.8, 4) is 0 Å². The van der Waals surface area contributed by atoms with Crippen molar-refractivity contribution in [2.45, 2.75) is 26.3 Å². The lowest BCUT2D eigenvalue weighted by atomic mass is 10.1. The topological polar surface area (TPSA) is 55.9 Å². The van der Waals surface area contributed by atoms with Gasteiger partial charge >= 0.3 is 0 Å². The Hall–Kier alpha value is -1.68. The summed E-state index contributed by atoms with van der Waals surface area (Å²) in [5, 5.41) is 8.51. The maximum Gasteiger partial charge on any atom is 0.148 e. The number of nitrogens with zero attached hydrogens (tertiary/aromatic N) is 2. The zero-order valence-corrected chi connectivity index (χ0v) is 12.2. The van der Waals surface area contributed by atoms with Crippen LogP contribution in [0.1, 0.15) is 31.0 Å². The summed E-state index contributed by atoms with van der Waals surface area (Å²) < 4.78 is 1.79. The lowest BCUT2D eigenvalue weighted by molar-refractivity contribution is 0.715. The molecule has 0 bridgehead atoms. The van der Waals surface area contributed by atoms with Gasteiger partial charge in [0, 0.05) is 18.6 Å². The van der Waals surface area contributed by atoms with E-state index in [1.807, 2.05) is 31.3 Å². The number of aryl methyl sites for hydroxylation is 1. The summed E-state index contributed by atoms with van der Waals surface area (Å²) in [5.74, 6) is 1.18. The van der Waals surface area contributed by atoms with E-state index in [0.29, 0.717) is 12.5 Å². The third kappa shape index (κ3) is 3.01. The van der Waals surface area contributed by atoms with Gasteiger partial charge in [-0.25, -0.2) is 0 Å². The van der Waals surface area contributed by atoms with Crippen LogP contribution in [0.3, 0.4) is 0 Å². The molecular formula is C14H19ClN4. The fraction of sp³-hybridized carbons (Fsp3) is 0.357. The van der Waals surface area contributed by atoms with Gasteiger partial charge in [-0.1, -0.05) is 37.6 Å². The predicted molar refractivity (Wildman–Crippen MR) is 80.5 cm³/mol. The molecule has 2 rings (SSSR count). The number of anilines is 2. The first kappa shape index (κ1) is 13.7. The van der Waals surface area contributed by atoms with E-state index in [1.165, 1.54) is 0 Å². The molecule has 0 spiro atoms. The second-order valence-corrected chi connectivity index (χ2v) is 5.34. The van der Waals surface area contributed by atoms with Crippen molar-refractivity contribution < 1.29 is 0 Å². The van der Waals surface area contributed by atoms with E-state index in [2.05, 4.69) is 24.3 Å². The monoisotopic (exact) mass is 278 g/mol. The smallest absolute Gasteiger partial charge is 0.148 e. The van der Waals surface area contributed by atoms with Crippen molar-refractivity contribution in [1.29, 1.82) is 0 Å². The summed E-state index contributed by atoms with van der Waals surface area (Å²) in [6.07, 6.45) is 0. The molecule has 102 valence electrons. The summed E-state index contributed by atoms with van der Waals surface area (Å²) in [5.41, 5.74) is 8.94. The molecule has 0 saturated carbocycles. The number of nitrogens with two attached hydrogens (primary N) is 1. The molecule has 1 heterocycles. The van der Waals surface area contributed by atoms with Gasteiger partial charge in [0.1, 0.15) is 5.82 Å². The molecule has 19 heavy (non-hydrogen) atoms. The van der Waals surface area contributed by atoms with Gasteiger partial charge in [-0.05, 0) is 23.6 Å². The van der Waals surface area contributed by atoms with Crippen LogP contribution in [-0.4, -0.2) is 9.78 Å². The van der Waals surface area contributed by atoms with Crippen LogP contribution in [0.2, 0.25) is 5.02 Å². The van der Waals surface area contributed by atoms with Gasteiger partial charge in [0.25, 0.3) is 0 Å². The first-order chi connectivity index (χ1) is 8.99. The molecule has 4 nitrogen and oxygen atoms in total. The van der Waals surface area contributed by atoms with Gasteiger partial charge in [-0.3, -0.25) is 4.68 Å². The Labute approximate surface area is 118 Å². The van der Waals surface area contributed by atoms with Crippen LogP contribution >= 0.6 is 11.6 Å². The number of aromatic nitrogens is 2. The molecule has 0 saturated heterocycles. The van der Waals surface area contributed by atoms with Crippen molar-refractivity contribution in [1.82, 2.24) is 9.78 Å². The number of hydrogen-bond donors (Lipinski definition) is 2. The van der Waals surface area contributed by atoms with Crippen LogP contribution in [0.5, 0.6) is 0 Å². The Balaban J connectivity index is 2.13. The molecule has 0 atom stereocenters. The lowest BCUT2D eigenvalue weighted by Gasteiger charge is -2.08. The number of halogens is 1. The highest BCUT2D eigenvalue weighted by Gasteiger charge is 2.15. The maximum absolute atomic E-state index is 6.13. The summed E-state index contributed by atoms with van der Waals surface area (Å²) in [6, 6.07) is 7.74. The Morgan fingerprint density at radius 1 is 1.32 bits per heavy atom. The minimum atomic E-state index is 0.317. The standard InChI is InChI=1S/C14H19ClN4/c1-9(2)13-12(16)14(19(3)18-13)17-8-10-4-6-11(15)7-5-10/h4-7,9,17H,8,16H2,1-3H3. The summed E-state index contributed by atoms with van der Waals surface area (Å²) in [7, 11) is 1.90. The SMILES string of the molecule is CC(C)c1nn(C)c(NCc2ccc(Cl)cc2)c1N. The number of hydrogen-bond acceptors (Lipinski definition) is 3. The first-order valence-electron chi connectivity index (χ1n) is 6.29. The molecule has 0 unspecified atom stereocenters. The zero-order chi connectivity index (χ0) is 14.0. The van der Waals surface area contributed by atoms with Gasteiger partial charge in [-0.2, -0.15) is 5.10 Å². The average molecular weight is 279 g/mol. The zero-order valence-electron chi connectivity index (χ0n) is 11.4. The molecule has 0 aliphatic heterocycles. The third-order valence-corrected chi connectivity index (χ3v) is 3.28. The number of nitrogen functional groups attached to an aromatic ring is 1. The molecular weight excluding hydrogens is 260 g/mol. The van der Waals surface area contributed by atoms with Crippen molar-refractivity contribution in [3.63, 3.8) is 0 Å². The van der Waals surface area contributed by atoms with E-state index < -0.39 is 0 Å². The van der Waals surface area contributed by atoms with Crippen LogP contribution in [-0.2, 0) is 13.6 Å². The molecule has 0 fully saturated rings. The second-order valence-electron chi connectivity index (χ2n) is 4.91. The number of rotatable bonds is 4. The van der Waals surface area contributed by atoms with Gasteiger partial charge < -0.3 is 11.1 Å². The fourth-order valence-corrected chi connectivity index (χ4v) is 2.11. The quantitative estimate of drug-likeness (QED) is 0.901. The Kier molecular flexibility index (Phi) is 4.00. The van der Waals surface area contributed by atoms with E-state index in [0.717, 1.165) is 27.8 Å². The summed E-state index contributed by atoms with van der Waals surface area (Å²) in [4.78, 5) is 0. The van der Waals surface area contributed by atoms with Gasteiger partial charge in [0.05, 0.1) is 11.4 Å². The molecule has 1 aromatic carbocycles. The molecule has 1 aromatic heterocycles. The molecule has 0 amide bonds. The maximum atomic E-state index is 6.13. The minimum absolute atomic E-state index is 0.317. The normalized spacial score (nSPS) is 11.0. The van der Waals surface area contributed by atoms with Crippen molar-refractivity contribution in [2.24, 2.45) is 7.05 Å². The minimum Gasteiger partial charge on any atom is -0.394 e. The van der Waals surface area contributed by atoms with E-state index in [-0.39, 0.29) is 0 Å². The van der Waals surface area contributed by atoms with Crippen LogP contribution in [0, 0.1) is 0 Å². The van der Waals surface area contributed by atoms with Crippen molar-refractivity contribution in [2.75, 3.05) is 11.1 Å². The van der Waals surface area contributed by atoms with Gasteiger partial charge in [0.2, 0.25) is 0 Å². The van der Waals surface area contributed by atoms with Crippen LogP contribution in [0.25, 0.3) is 0 Å². The highest BCUT2D eigenvalue weighted by molar-refractivity contribution is 6.30. The van der Waals surface area contributed by atoms with E-state index in [4.69, 9.17) is 17.3 Å². The van der Waals surface area contributed by atoms with E-state index in [9.17, 15) is 0 Å². The van der Waals surface area contributed by atoms with Gasteiger partial charge in [-0.15, -0.1) is 0 Å². The fourth-order valence-electron chi connectivity index (χ4n) is 1.99. The first-order valence-corrected chi connectivity index (χ1v) is 6.67. The molecule has 0 aliphatic rings. The highest BCUT2D eigenvalue weighted by Crippen LogP contribution is 2.28. The van der Waals surface area contributed by atoms with Gasteiger partial charge in [0.15, 0.2) is 0 Å². The molecule has 0 aliphatic carbocycles. The lowest BCUT2D eigenvalue weighted by Crippen LogP contribution is -2.06. The Morgan fingerprint density at radius 3 is 2.47 bits per heavy atom. The Bertz CT molecular complexity index is 558. The van der Waals surface area contributed by atoms with E-state index >= 15 is 0 Å². The largest absolute Gasteiger partial charge is 0.394 e. The number of nitrogens with one attached hydrogen (secondary N) is 1. The predicted octanol–water partition coefficient (Wildman–Crippen LogP) is 3.39. The summed E-state index contributed by atoms with van der Waals surface area (Å²) >= 11 is 5.86. The second kappa shape index (κ2) is 5.53. The molecule has 5 heteroatoms. The van der Waals surface area contributed by atoms with Crippen LogP contribution < -0.4 is 11.1 Å². The van der Waals surface area contributed by atoms with E-state index in [1.54, 1.807) is 4.68 Å². The molecule has 0 radical (unpaired) electrons. The van der Waals surface area contributed by atoms with Crippen LogP contribution in [0.15, 0.2) is 24.3 Å². The molecule has 2 aromatic rings. The van der Waals surface area contributed by atoms with Crippen molar-refractivity contribution >= 4 is 23.1 Å². The average Bonchev–Trinajstić information content (AvgIpc) is 2.65. The third-order valence-electron chi connectivity index (χ3n) is 3.03. The van der Waals surface area contributed by atoms with Crippen molar-refractivity contribution in [3.05, 3.63) is 40.5 Å².